The first kappa shape index (κ1) is 26.8. The molecule has 0 spiro atoms. The molecule has 8 heteroatoms. The lowest BCUT2D eigenvalue weighted by molar-refractivity contribution is 0.0957. The molecule has 0 aromatic heterocycles. The van der Waals surface area contributed by atoms with Gasteiger partial charge < -0.3 is 5.32 Å². The van der Waals surface area contributed by atoms with Gasteiger partial charge in [-0.1, -0.05) is 84.4 Å². The molecule has 190 valence electrons. The molecule has 0 bridgehead atoms. The van der Waals surface area contributed by atoms with E-state index < -0.39 is 10.0 Å². The van der Waals surface area contributed by atoms with Gasteiger partial charge >= 0.3 is 0 Å². The Bertz CT molecular complexity index is 1410. The molecule has 4 rings (SSSR count). The van der Waals surface area contributed by atoms with E-state index in [1.165, 1.54) is 4.31 Å². The van der Waals surface area contributed by atoms with Crippen molar-refractivity contribution in [3.8, 4) is 0 Å². The molecule has 1 amide bonds. The lowest BCUT2D eigenvalue weighted by atomic mass is 10.1. The smallest absolute Gasteiger partial charge is 0.264 e. The number of hydrogen-bond acceptors (Lipinski definition) is 4. The number of halogens is 1. The Kier molecular flexibility index (Phi) is 9.28. The van der Waals surface area contributed by atoms with Crippen LogP contribution in [0, 0.1) is 0 Å². The van der Waals surface area contributed by atoms with Gasteiger partial charge in [0.1, 0.15) is 0 Å². The summed E-state index contributed by atoms with van der Waals surface area (Å²) in [5.41, 5.74) is 2.62. The maximum absolute atomic E-state index is 13.7. The van der Waals surface area contributed by atoms with Crippen LogP contribution in [0.15, 0.2) is 114 Å². The minimum atomic E-state index is -3.93. The third-order valence-electron chi connectivity index (χ3n) is 5.63. The van der Waals surface area contributed by atoms with Gasteiger partial charge in [0, 0.05) is 23.1 Å². The van der Waals surface area contributed by atoms with Gasteiger partial charge in [0.25, 0.3) is 15.9 Å². The van der Waals surface area contributed by atoms with Gasteiger partial charge in [-0.15, -0.1) is 0 Å². The van der Waals surface area contributed by atoms with Crippen molar-refractivity contribution in [1.29, 1.82) is 0 Å². The van der Waals surface area contributed by atoms with E-state index in [1.54, 1.807) is 66.4 Å². The van der Waals surface area contributed by atoms with Crippen molar-refractivity contribution in [2.75, 3.05) is 16.6 Å². The average Bonchev–Trinajstić information content (AvgIpc) is 2.93. The molecular weight excluding hydrogens is 524 g/mol. The Balaban J connectivity index is 1.52. The molecule has 0 atom stereocenters. The normalized spacial score (nSPS) is 11.2. The topological polar surface area (TPSA) is 66.5 Å². The Morgan fingerprint density at radius 1 is 0.784 bits per heavy atom. The first-order valence-electron chi connectivity index (χ1n) is 11.8. The minimum absolute atomic E-state index is 0.0965. The van der Waals surface area contributed by atoms with E-state index >= 15 is 0 Å². The molecule has 0 aliphatic heterocycles. The maximum Gasteiger partial charge on any atom is 0.264 e. The molecule has 5 nitrogen and oxygen atoms in total. The van der Waals surface area contributed by atoms with Crippen molar-refractivity contribution in [1.82, 2.24) is 5.32 Å². The fraction of sp³-hybridized carbons (Fsp3) is 0.138. The SMILES string of the molecule is O=C(NCCSCc1ccc(Cl)cc1)c1ccccc1N(Cc1ccccc1)S(=O)(=O)c1ccccc1. The van der Waals surface area contributed by atoms with E-state index in [0.717, 1.165) is 16.9 Å². The van der Waals surface area contributed by atoms with E-state index in [1.807, 2.05) is 54.6 Å². The largest absolute Gasteiger partial charge is 0.351 e. The van der Waals surface area contributed by atoms with Crippen LogP contribution in [0.4, 0.5) is 5.69 Å². The van der Waals surface area contributed by atoms with E-state index in [0.29, 0.717) is 28.6 Å². The molecule has 0 saturated carbocycles. The van der Waals surface area contributed by atoms with Gasteiger partial charge in [-0.25, -0.2) is 8.42 Å². The van der Waals surface area contributed by atoms with E-state index in [9.17, 15) is 13.2 Å². The fourth-order valence-corrected chi connectivity index (χ4v) is 6.19. The highest BCUT2D eigenvalue weighted by molar-refractivity contribution is 7.98. The van der Waals surface area contributed by atoms with Crippen LogP contribution in [-0.4, -0.2) is 26.6 Å². The zero-order valence-corrected chi connectivity index (χ0v) is 22.5. The summed E-state index contributed by atoms with van der Waals surface area (Å²) < 4.78 is 28.8. The van der Waals surface area contributed by atoms with E-state index in [2.05, 4.69) is 5.32 Å². The van der Waals surface area contributed by atoms with Crippen LogP contribution in [0.3, 0.4) is 0 Å². The Morgan fingerprint density at radius 2 is 1.41 bits per heavy atom. The Hall–Kier alpha value is -3.26. The van der Waals surface area contributed by atoms with Gasteiger partial charge in [-0.05, 0) is 47.5 Å². The number of benzene rings is 4. The first-order chi connectivity index (χ1) is 17.9. The predicted octanol–water partition coefficient (Wildman–Crippen LogP) is 6.40. The van der Waals surface area contributed by atoms with Crippen molar-refractivity contribution >= 4 is 45.0 Å². The predicted molar refractivity (Wildman–Crippen MR) is 153 cm³/mol. The number of para-hydroxylation sites is 1. The zero-order valence-electron chi connectivity index (χ0n) is 20.1. The third-order valence-corrected chi connectivity index (χ3v) is 8.69. The monoisotopic (exact) mass is 550 g/mol. The standard InChI is InChI=1S/C29H27ClN2O3S2/c30-25-17-15-24(16-18-25)22-36-20-19-31-29(33)27-13-7-8-14-28(27)32(21-23-9-3-1-4-10-23)37(34,35)26-11-5-2-6-12-26/h1-18H,19-22H2,(H,31,33). The van der Waals surface area contributed by atoms with Crippen LogP contribution in [-0.2, 0) is 22.3 Å². The van der Waals surface area contributed by atoms with Crippen molar-refractivity contribution in [2.45, 2.75) is 17.2 Å². The summed E-state index contributed by atoms with van der Waals surface area (Å²) in [7, 11) is -3.93. The minimum Gasteiger partial charge on any atom is -0.351 e. The number of amides is 1. The quantitative estimate of drug-likeness (QED) is 0.219. The molecule has 4 aromatic rings. The van der Waals surface area contributed by atoms with Crippen LogP contribution in [0.25, 0.3) is 0 Å². The zero-order chi connectivity index (χ0) is 26.1. The number of nitrogens with zero attached hydrogens (tertiary/aromatic N) is 1. The van der Waals surface area contributed by atoms with Crippen molar-refractivity contribution < 1.29 is 13.2 Å². The summed E-state index contributed by atoms with van der Waals surface area (Å²) in [4.78, 5) is 13.4. The molecule has 0 saturated heterocycles. The lowest BCUT2D eigenvalue weighted by Gasteiger charge is -2.26. The summed E-state index contributed by atoms with van der Waals surface area (Å²) in [5, 5.41) is 3.65. The van der Waals surface area contributed by atoms with Crippen molar-refractivity contribution in [3.05, 3.63) is 131 Å². The summed E-state index contributed by atoms with van der Waals surface area (Å²) in [6.45, 7) is 0.550. The summed E-state index contributed by atoms with van der Waals surface area (Å²) in [5.74, 6) is 1.21. The number of carbonyl (C=O) groups is 1. The van der Waals surface area contributed by atoms with Crippen molar-refractivity contribution in [3.63, 3.8) is 0 Å². The van der Waals surface area contributed by atoms with Gasteiger partial charge in [-0.3, -0.25) is 9.10 Å². The first-order valence-corrected chi connectivity index (χ1v) is 14.7. The van der Waals surface area contributed by atoms with Crippen LogP contribution in [0.1, 0.15) is 21.5 Å². The number of rotatable bonds is 11. The number of carbonyl (C=O) groups excluding carboxylic acids is 1. The second kappa shape index (κ2) is 12.8. The highest BCUT2D eigenvalue weighted by atomic mass is 35.5. The number of thioether (sulfide) groups is 1. The molecular formula is C29H27ClN2O3S2. The Morgan fingerprint density at radius 3 is 2.11 bits per heavy atom. The molecule has 0 unspecified atom stereocenters. The van der Waals surface area contributed by atoms with Gasteiger partial charge in [-0.2, -0.15) is 11.8 Å². The number of anilines is 1. The van der Waals surface area contributed by atoms with E-state index in [-0.39, 0.29) is 17.3 Å². The van der Waals surface area contributed by atoms with Gasteiger partial charge in [0.2, 0.25) is 0 Å². The second-order valence-electron chi connectivity index (χ2n) is 8.26. The number of nitrogens with one attached hydrogen (secondary N) is 1. The molecule has 0 aliphatic carbocycles. The van der Waals surface area contributed by atoms with Crippen LogP contribution in [0.5, 0.6) is 0 Å². The van der Waals surface area contributed by atoms with Crippen LogP contribution in [0.2, 0.25) is 5.02 Å². The maximum atomic E-state index is 13.7. The third kappa shape index (κ3) is 7.16. The average molecular weight is 551 g/mol. The summed E-state index contributed by atoms with van der Waals surface area (Å²) >= 11 is 7.64. The molecule has 37 heavy (non-hydrogen) atoms. The number of hydrogen-bond donors (Lipinski definition) is 1. The van der Waals surface area contributed by atoms with Gasteiger partial charge in [0.05, 0.1) is 22.7 Å². The molecule has 0 aliphatic rings. The summed E-state index contributed by atoms with van der Waals surface area (Å²) in [6.07, 6.45) is 0. The van der Waals surface area contributed by atoms with Crippen molar-refractivity contribution in [2.24, 2.45) is 0 Å². The Labute approximate surface area is 227 Å². The molecule has 4 aromatic carbocycles. The highest BCUT2D eigenvalue weighted by Gasteiger charge is 2.28. The molecule has 0 fully saturated rings. The highest BCUT2D eigenvalue weighted by Crippen LogP contribution is 2.29. The number of sulfonamides is 1. The molecule has 0 heterocycles. The van der Waals surface area contributed by atoms with Crippen LogP contribution >= 0.6 is 23.4 Å². The fourth-order valence-electron chi connectivity index (χ4n) is 3.75. The summed E-state index contributed by atoms with van der Waals surface area (Å²) in [6, 6.07) is 32.1. The molecule has 0 radical (unpaired) electrons. The second-order valence-corrected chi connectivity index (χ2v) is 11.7. The lowest BCUT2D eigenvalue weighted by Crippen LogP contribution is -2.34. The van der Waals surface area contributed by atoms with Gasteiger partial charge in [0.15, 0.2) is 0 Å². The van der Waals surface area contributed by atoms with Crippen LogP contribution < -0.4 is 9.62 Å². The molecule has 1 N–H and O–H groups in total. The van der Waals surface area contributed by atoms with E-state index in [4.69, 9.17) is 11.6 Å².